The van der Waals surface area contributed by atoms with Gasteiger partial charge in [-0.25, -0.2) is 0 Å². The molecule has 26 heavy (non-hydrogen) atoms. The topological polar surface area (TPSA) is 73.8 Å². The standard InChI is InChI=1S/C19H30N4O2S/c1-4-20-19(22-11-12(2)26-3)21-8-5-9-23-17(24)15-13-6-7-14(10-13)16(15)18(23)25/h6-7,12-16H,4-5,8-11H2,1-3H3,(H2,20,21,22). The molecule has 1 heterocycles. The average molecular weight is 379 g/mol. The first-order valence-corrected chi connectivity index (χ1v) is 10.9. The fourth-order valence-corrected chi connectivity index (χ4v) is 4.49. The van der Waals surface area contributed by atoms with Gasteiger partial charge in [-0.3, -0.25) is 19.5 Å². The van der Waals surface area contributed by atoms with Gasteiger partial charge in [0.05, 0.1) is 18.4 Å². The highest BCUT2D eigenvalue weighted by Crippen LogP contribution is 2.52. The molecule has 1 saturated carbocycles. The first-order valence-electron chi connectivity index (χ1n) is 9.65. The van der Waals surface area contributed by atoms with Crippen molar-refractivity contribution in [2.24, 2.45) is 28.7 Å². The van der Waals surface area contributed by atoms with E-state index in [0.717, 1.165) is 31.9 Å². The Morgan fingerprint density at radius 2 is 1.92 bits per heavy atom. The zero-order valence-corrected chi connectivity index (χ0v) is 16.7. The SMILES string of the molecule is CCNC(=NCC(C)SC)NCCCN1C(=O)C2C3C=CC(C3)C2C1=O. The minimum atomic E-state index is -0.0858. The lowest BCUT2D eigenvalue weighted by molar-refractivity contribution is -0.140. The molecule has 0 radical (unpaired) electrons. The highest BCUT2D eigenvalue weighted by Gasteiger charge is 2.58. The first-order chi connectivity index (χ1) is 12.6. The number of nitrogens with zero attached hydrogens (tertiary/aromatic N) is 2. The van der Waals surface area contributed by atoms with Gasteiger partial charge in [-0.1, -0.05) is 19.1 Å². The number of amides is 2. The van der Waals surface area contributed by atoms with Gasteiger partial charge in [0.1, 0.15) is 0 Å². The zero-order chi connectivity index (χ0) is 18.7. The fraction of sp³-hybridized carbons (Fsp3) is 0.737. The summed E-state index contributed by atoms with van der Waals surface area (Å²) in [4.78, 5) is 31.4. The summed E-state index contributed by atoms with van der Waals surface area (Å²) < 4.78 is 0. The predicted molar refractivity (Wildman–Crippen MR) is 106 cm³/mol. The summed E-state index contributed by atoms with van der Waals surface area (Å²) in [6.45, 7) is 6.95. The van der Waals surface area contributed by atoms with Crippen LogP contribution in [0.3, 0.4) is 0 Å². The lowest BCUT2D eigenvalue weighted by Crippen LogP contribution is -2.40. The van der Waals surface area contributed by atoms with Crippen molar-refractivity contribution in [3.8, 4) is 0 Å². The molecule has 2 bridgehead atoms. The molecule has 2 N–H and O–H groups in total. The lowest BCUT2D eigenvalue weighted by Gasteiger charge is -2.18. The van der Waals surface area contributed by atoms with Gasteiger partial charge in [0.2, 0.25) is 11.8 Å². The van der Waals surface area contributed by atoms with Crippen LogP contribution in [0, 0.1) is 23.7 Å². The number of aliphatic imine (C=N–C) groups is 1. The Labute approximate surface area is 160 Å². The van der Waals surface area contributed by atoms with Gasteiger partial charge in [-0.15, -0.1) is 0 Å². The number of likely N-dealkylation sites (tertiary alicyclic amines) is 1. The number of hydrogen-bond donors (Lipinski definition) is 2. The van der Waals surface area contributed by atoms with Crippen LogP contribution in [0.5, 0.6) is 0 Å². The summed E-state index contributed by atoms with van der Waals surface area (Å²) in [5.74, 6) is 1.30. The van der Waals surface area contributed by atoms with Gasteiger partial charge < -0.3 is 10.6 Å². The van der Waals surface area contributed by atoms with Crippen molar-refractivity contribution in [2.75, 3.05) is 32.4 Å². The molecule has 0 spiro atoms. The Bertz CT molecular complexity index is 576. The minimum absolute atomic E-state index is 0.0474. The quantitative estimate of drug-likeness (QED) is 0.220. The second-order valence-corrected chi connectivity index (χ2v) is 8.65. The first kappa shape index (κ1) is 19.3. The highest BCUT2D eigenvalue weighted by atomic mass is 32.2. The summed E-state index contributed by atoms with van der Waals surface area (Å²) in [6, 6.07) is 0. The van der Waals surface area contributed by atoms with Crippen molar-refractivity contribution in [2.45, 2.75) is 31.9 Å². The zero-order valence-electron chi connectivity index (χ0n) is 15.9. The van der Waals surface area contributed by atoms with Crippen LogP contribution < -0.4 is 10.6 Å². The second-order valence-electron chi connectivity index (χ2n) is 7.37. The van der Waals surface area contributed by atoms with Gasteiger partial charge in [-0.2, -0.15) is 11.8 Å². The molecule has 1 saturated heterocycles. The van der Waals surface area contributed by atoms with Crippen molar-refractivity contribution >= 4 is 29.5 Å². The molecule has 0 aromatic rings. The number of rotatable bonds is 8. The van der Waals surface area contributed by atoms with Crippen LogP contribution in [0.15, 0.2) is 17.1 Å². The molecule has 2 amide bonds. The second kappa shape index (κ2) is 8.46. The van der Waals surface area contributed by atoms with E-state index in [1.54, 1.807) is 11.8 Å². The molecule has 3 aliphatic rings. The van der Waals surface area contributed by atoms with Gasteiger partial charge in [0.15, 0.2) is 5.96 Å². The summed E-state index contributed by atoms with van der Waals surface area (Å²) in [6.07, 6.45) is 8.08. The van der Waals surface area contributed by atoms with E-state index in [9.17, 15) is 9.59 Å². The maximum Gasteiger partial charge on any atom is 0.233 e. The molecule has 0 aromatic carbocycles. The van der Waals surface area contributed by atoms with Gasteiger partial charge in [0.25, 0.3) is 0 Å². The van der Waals surface area contributed by atoms with Crippen molar-refractivity contribution in [3.63, 3.8) is 0 Å². The summed E-state index contributed by atoms with van der Waals surface area (Å²) >= 11 is 1.79. The van der Waals surface area contributed by atoms with Crippen LogP contribution in [0.2, 0.25) is 0 Å². The van der Waals surface area contributed by atoms with Crippen molar-refractivity contribution in [1.82, 2.24) is 15.5 Å². The molecular weight excluding hydrogens is 348 g/mol. The average Bonchev–Trinajstić information content (AvgIpc) is 3.31. The molecule has 2 fully saturated rings. The third-order valence-electron chi connectivity index (χ3n) is 5.67. The monoisotopic (exact) mass is 378 g/mol. The van der Waals surface area contributed by atoms with E-state index in [1.807, 2.05) is 6.92 Å². The number of allylic oxidation sites excluding steroid dienone is 2. The number of guanidine groups is 1. The summed E-state index contributed by atoms with van der Waals surface area (Å²) in [5.41, 5.74) is 0. The minimum Gasteiger partial charge on any atom is -0.357 e. The lowest BCUT2D eigenvalue weighted by atomic mass is 9.85. The van der Waals surface area contributed by atoms with Crippen LogP contribution in [0.4, 0.5) is 0 Å². The number of nitrogens with one attached hydrogen (secondary N) is 2. The molecule has 5 unspecified atom stereocenters. The summed E-state index contributed by atoms with van der Waals surface area (Å²) in [7, 11) is 0. The van der Waals surface area contributed by atoms with Crippen molar-refractivity contribution in [3.05, 3.63) is 12.2 Å². The van der Waals surface area contributed by atoms with Crippen LogP contribution in [0.1, 0.15) is 26.7 Å². The van der Waals surface area contributed by atoms with Crippen molar-refractivity contribution < 1.29 is 9.59 Å². The maximum absolute atomic E-state index is 12.6. The fourth-order valence-electron chi connectivity index (χ4n) is 4.26. The largest absolute Gasteiger partial charge is 0.357 e. The van der Waals surface area contributed by atoms with E-state index in [2.05, 4.69) is 41.0 Å². The molecule has 0 aromatic heterocycles. The van der Waals surface area contributed by atoms with Crippen LogP contribution in [0.25, 0.3) is 0 Å². The number of fused-ring (bicyclic) bond motifs is 5. The molecule has 144 valence electrons. The Morgan fingerprint density at radius 1 is 1.27 bits per heavy atom. The van der Waals surface area contributed by atoms with E-state index in [-0.39, 0.29) is 35.5 Å². The number of imide groups is 1. The third kappa shape index (κ3) is 3.77. The van der Waals surface area contributed by atoms with E-state index in [1.165, 1.54) is 4.90 Å². The van der Waals surface area contributed by atoms with Crippen LogP contribution in [-0.4, -0.2) is 60.4 Å². The molecule has 3 rings (SSSR count). The van der Waals surface area contributed by atoms with E-state index >= 15 is 0 Å². The molecule has 7 heteroatoms. The molecule has 1 aliphatic heterocycles. The number of carbonyl (C=O) groups is 2. The van der Waals surface area contributed by atoms with Gasteiger partial charge in [-0.05, 0) is 37.9 Å². The number of carbonyl (C=O) groups excluding carboxylic acids is 2. The molecule has 5 atom stereocenters. The van der Waals surface area contributed by atoms with E-state index < -0.39 is 0 Å². The Morgan fingerprint density at radius 3 is 2.50 bits per heavy atom. The van der Waals surface area contributed by atoms with Crippen LogP contribution >= 0.6 is 11.8 Å². The van der Waals surface area contributed by atoms with Gasteiger partial charge in [0, 0.05) is 24.9 Å². The smallest absolute Gasteiger partial charge is 0.233 e. The number of hydrogen-bond acceptors (Lipinski definition) is 4. The maximum atomic E-state index is 12.6. The van der Waals surface area contributed by atoms with Crippen LogP contribution in [-0.2, 0) is 9.59 Å². The van der Waals surface area contributed by atoms with Crippen molar-refractivity contribution in [1.29, 1.82) is 0 Å². The molecular formula is C19H30N4O2S. The van der Waals surface area contributed by atoms with Gasteiger partial charge >= 0.3 is 0 Å². The Hall–Kier alpha value is -1.50. The number of thioether (sulfide) groups is 1. The molecule has 2 aliphatic carbocycles. The third-order valence-corrected chi connectivity index (χ3v) is 6.62. The highest BCUT2D eigenvalue weighted by molar-refractivity contribution is 7.99. The normalized spacial score (nSPS) is 30.9. The predicted octanol–water partition coefficient (Wildman–Crippen LogP) is 1.49. The Balaban J connectivity index is 1.46. The molecule has 6 nitrogen and oxygen atoms in total. The van der Waals surface area contributed by atoms with E-state index in [0.29, 0.717) is 18.3 Å². The van der Waals surface area contributed by atoms with E-state index in [4.69, 9.17) is 0 Å². The summed E-state index contributed by atoms with van der Waals surface area (Å²) in [5, 5.41) is 7.02. The Kier molecular flexibility index (Phi) is 6.27.